The van der Waals surface area contributed by atoms with Crippen LogP contribution in [0.3, 0.4) is 0 Å². The Labute approximate surface area is 173 Å². The lowest BCUT2D eigenvalue weighted by Crippen LogP contribution is -2.39. The van der Waals surface area contributed by atoms with Crippen molar-refractivity contribution in [1.82, 2.24) is 15.6 Å². The number of methoxy groups -OCH3 is 1. The molecule has 7 heteroatoms. The molecule has 0 amide bonds. The molecule has 1 aromatic heterocycles. The fourth-order valence-corrected chi connectivity index (χ4v) is 2.73. The molecule has 3 N–H and O–H groups in total. The van der Waals surface area contributed by atoms with Gasteiger partial charge in [0.15, 0.2) is 5.96 Å². The van der Waals surface area contributed by atoms with Crippen LogP contribution in [0.5, 0.6) is 0 Å². The third-order valence-corrected chi connectivity index (χ3v) is 4.11. The van der Waals surface area contributed by atoms with Crippen molar-refractivity contribution >= 4 is 40.8 Å². The van der Waals surface area contributed by atoms with E-state index in [4.69, 9.17) is 9.47 Å². The molecule has 0 saturated carbocycles. The van der Waals surface area contributed by atoms with Crippen LogP contribution in [0.4, 0.5) is 0 Å². The summed E-state index contributed by atoms with van der Waals surface area (Å²) in [5.41, 5.74) is 3.84. The number of hydrogen-bond donors (Lipinski definition) is 3. The van der Waals surface area contributed by atoms with E-state index in [9.17, 15) is 0 Å². The van der Waals surface area contributed by atoms with Crippen molar-refractivity contribution in [3.8, 4) is 0 Å². The Balaban J connectivity index is 0.00000338. The standard InChI is InChI=1S/C19H30N4O2.HI/c1-15-6-4-7-17-16(14-23-18(15)17)8-10-22-19(20-2)21-9-5-11-25-13-12-24-3;/h4,6-7,14,23H,5,8-13H2,1-3H3,(H2,20,21,22);1H. The van der Waals surface area contributed by atoms with Crippen LogP contribution in [0.2, 0.25) is 0 Å². The minimum Gasteiger partial charge on any atom is -0.382 e. The predicted octanol–water partition coefficient (Wildman–Crippen LogP) is 2.85. The van der Waals surface area contributed by atoms with Gasteiger partial charge in [0, 0.05) is 51.0 Å². The quantitative estimate of drug-likeness (QED) is 0.215. The van der Waals surface area contributed by atoms with E-state index in [0.717, 1.165) is 38.5 Å². The van der Waals surface area contributed by atoms with Gasteiger partial charge in [-0.15, -0.1) is 24.0 Å². The molecule has 0 spiro atoms. The molecule has 2 rings (SSSR count). The second kappa shape index (κ2) is 12.9. The summed E-state index contributed by atoms with van der Waals surface area (Å²) in [5.74, 6) is 0.827. The molecule has 0 aliphatic rings. The fraction of sp³-hybridized carbons (Fsp3) is 0.526. The lowest BCUT2D eigenvalue weighted by molar-refractivity contribution is 0.0698. The molecule has 6 nitrogen and oxygen atoms in total. The lowest BCUT2D eigenvalue weighted by atomic mass is 10.1. The molecule has 0 atom stereocenters. The monoisotopic (exact) mass is 474 g/mol. The van der Waals surface area contributed by atoms with E-state index < -0.39 is 0 Å². The Morgan fingerprint density at radius 2 is 1.96 bits per heavy atom. The van der Waals surface area contributed by atoms with Crippen LogP contribution in [0.25, 0.3) is 10.9 Å². The largest absolute Gasteiger partial charge is 0.382 e. The van der Waals surface area contributed by atoms with Crippen LogP contribution in [-0.4, -0.2) is 58.0 Å². The van der Waals surface area contributed by atoms with Gasteiger partial charge in [-0.3, -0.25) is 4.99 Å². The van der Waals surface area contributed by atoms with Crippen molar-refractivity contribution in [3.63, 3.8) is 0 Å². The molecule has 0 saturated heterocycles. The number of para-hydroxylation sites is 1. The van der Waals surface area contributed by atoms with Crippen molar-refractivity contribution in [1.29, 1.82) is 0 Å². The summed E-state index contributed by atoms with van der Waals surface area (Å²) < 4.78 is 10.4. The minimum absolute atomic E-state index is 0. The maximum atomic E-state index is 5.44. The number of ether oxygens (including phenoxy) is 2. The second-order valence-electron chi connectivity index (χ2n) is 5.95. The van der Waals surface area contributed by atoms with Gasteiger partial charge >= 0.3 is 0 Å². The Bertz CT molecular complexity index is 673. The highest BCUT2D eigenvalue weighted by molar-refractivity contribution is 14.0. The molecule has 0 bridgehead atoms. The predicted molar refractivity (Wildman–Crippen MR) is 119 cm³/mol. The molecule has 0 aliphatic carbocycles. The number of halogens is 1. The van der Waals surface area contributed by atoms with Crippen LogP contribution < -0.4 is 10.6 Å². The van der Waals surface area contributed by atoms with Gasteiger partial charge in [-0.05, 0) is 30.9 Å². The Hall–Kier alpha value is -1.32. The SMILES string of the molecule is CN=C(NCCCOCCOC)NCCc1c[nH]c2c(C)cccc12.I. The number of hydrogen-bond acceptors (Lipinski definition) is 3. The summed E-state index contributed by atoms with van der Waals surface area (Å²) in [6.45, 7) is 5.81. The molecule has 0 fully saturated rings. The van der Waals surface area contributed by atoms with Crippen molar-refractivity contribution in [2.24, 2.45) is 4.99 Å². The van der Waals surface area contributed by atoms with Crippen molar-refractivity contribution in [2.45, 2.75) is 19.8 Å². The smallest absolute Gasteiger partial charge is 0.190 e. The lowest BCUT2D eigenvalue weighted by Gasteiger charge is -2.11. The van der Waals surface area contributed by atoms with Gasteiger partial charge in [-0.25, -0.2) is 0 Å². The van der Waals surface area contributed by atoms with E-state index >= 15 is 0 Å². The Morgan fingerprint density at radius 1 is 1.15 bits per heavy atom. The van der Waals surface area contributed by atoms with Gasteiger partial charge in [-0.1, -0.05) is 18.2 Å². The van der Waals surface area contributed by atoms with Gasteiger partial charge in [-0.2, -0.15) is 0 Å². The number of aromatic nitrogens is 1. The van der Waals surface area contributed by atoms with Crippen LogP contribution in [0, 0.1) is 6.92 Å². The average molecular weight is 474 g/mol. The van der Waals surface area contributed by atoms with E-state index in [1.54, 1.807) is 14.2 Å². The van der Waals surface area contributed by atoms with Crippen LogP contribution in [0.1, 0.15) is 17.5 Å². The molecule has 26 heavy (non-hydrogen) atoms. The molecule has 146 valence electrons. The minimum atomic E-state index is 0. The number of H-pyrrole nitrogens is 1. The van der Waals surface area contributed by atoms with E-state index in [1.807, 2.05) is 0 Å². The molecule has 2 aromatic rings. The summed E-state index contributed by atoms with van der Waals surface area (Å²) in [6.07, 6.45) is 3.99. The van der Waals surface area contributed by atoms with Crippen LogP contribution in [-0.2, 0) is 15.9 Å². The summed E-state index contributed by atoms with van der Waals surface area (Å²) in [4.78, 5) is 7.63. The number of aryl methyl sites for hydroxylation is 1. The zero-order valence-corrected chi connectivity index (χ0v) is 18.3. The zero-order valence-electron chi connectivity index (χ0n) is 15.9. The maximum Gasteiger partial charge on any atom is 0.190 e. The van der Waals surface area contributed by atoms with Gasteiger partial charge in [0.1, 0.15) is 0 Å². The first-order valence-electron chi connectivity index (χ1n) is 8.83. The third-order valence-electron chi connectivity index (χ3n) is 4.11. The molecular formula is C19H31IN4O2. The highest BCUT2D eigenvalue weighted by atomic mass is 127. The first-order valence-corrected chi connectivity index (χ1v) is 8.83. The van der Waals surface area contributed by atoms with E-state index in [1.165, 1.54) is 22.0 Å². The number of aliphatic imine (C=N–C) groups is 1. The number of aromatic amines is 1. The van der Waals surface area contributed by atoms with Gasteiger partial charge in [0.25, 0.3) is 0 Å². The number of fused-ring (bicyclic) bond motifs is 1. The van der Waals surface area contributed by atoms with Crippen molar-refractivity contribution in [3.05, 3.63) is 35.5 Å². The van der Waals surface area contributed by atoms with Crippen LogP contribution in [0.15, 0.2) is 29.4 Å². The maximum absolute atomic E-state index is 5.44. The molecule has 0 aliphatic heterocycles. The summed E-state index contributed by atoms with van der Waals surface area (Å²) in [5, 5.41) is 7.97. The first-order chi connectivity index (χ1) is 12.3. The van der Waals surface area contributed by atoms with E-state index in [0.29, 0.717) is 13.2 Å². The summed E-state index contributed by atoms with van der Waals surface area (Å²) >= 11 is 0. The normalized spacial score (nSPS) is 11.4. The van der Waals surface area contributed by atoms with Crippen LogP contribution >= 0.6 is 24.0 Å². The van der Waals surface area contributed by atoms with Crippen molar-refractivity contribution < 1.29 is 9.47 Å². The highest BCUT2D eigenvalue weighted by Crippen LogP contribution is 2.21. The molecule has 1 aromatic carbocycles. The number of guanidine groups is 1. The third kappa shape index (κ3) is 7.13. The topological polar surface area (TPSA) is 70.7 Å². The molecule has 0 unspecified atom stereocenters. The van der Waals surface area contributed by atoms with Gasteiger partial charge < -0.3 is 25.1 Å². The molecule has 1 heterocycles. The second-order valence-corrected chi connectivity index (χ2v) is 5.95. The first kappa shape index (κ1) is 22.7. The number of rotatable bonds is 10. The van der Waals surface area contributed by atoms with Gasteiger partial charge in [0.05, 0.1) is 13.2 Å². The number of nitrogens with zero attached hydrogens (tertiary/aromatic N) is 1. The summed E-state index contributed by atoms with van der Waals surface area (Å²) in [6, 6.07) is 6.41. The average Bonchev–Trinajstić information content (AvgIpc) is 3.04. The van der Waals surface area contributed by atoms with Gasteiger partial charge in [0.2, 0.25) is 0 Å². The summed E-state index contributed by atoms with van der Waals surface area (Å²) in [7, 11) is 3.47. The zero-order chi connectivity index (χ0) is 17.9. The number of nitrogens with one attached hydrogen (secondary N) is 3. The van der Waals surface area contributed by atoms with E-state index in [-0.39, 0.29) is 24.0 Å². The fourth-order valence-electron chi connectivity index (χ4n) is 2.73. The molecular weight excluding hydrogens is 443 g/mol. The van der Waals surface area contributed by atoms with E-state index in [2.05, 4.69) is 51.9 Å². The van der Waals surface area contributed by atoms with Crippen molar-refractivity contribution in [2.75, 3.05) is 47.1 Å². The Morgan fingerprint density at radius 3 is 2.73 bits per heavy atom. The number of benzene rings is 1. The molecule has 0 radical (unpaired) electrons. The highest BCUT2D eigenvalue weighted by Gasteiger charge is 2.05. The Kier molecular flexibility index (Phi) is 11.3.